The number of hydrogen-bond acceptors (Lipinski definition) is 4. The molecule has 82 valence electrons. The Morgan fingerprint density at radius 1 is 1.50 bits per heavy atom. The molecule has 0 unspecified atom stereocenters. The normalized spacial score (nSPS) is 19.6. The summed E-state index contributed by atoms with van der Waals surface area (Å²) in [5.74, 6) is 0.440. The van der Waals surface area contributed by atoms with E-state index in [1.165, 1.54) is 0 Å². The van der Waals surface area contributed by atoms with Gasteiger partial charge in [-0.1, -0.05) is 0 Å². The highest BCUT2D eigenvalue weighted by atomic mass is 16.5. The highest BCUT2D eigenvalue weighted by molar-refractivity contribution is 5.69. The van der Waals surface area contributed by atoms with Gasteiger partial charge in [-0.15, -0.1) is 0 Å². The molecule has 4 nitrogen and oxygen atoms in total. The second kappa shape index (κ2) is 5.98. The molecular weight excluding hydrogens is 180 g/mol. The van der Waals surface area contributed by atoms with Crippen molar-refractivity contribution in [3.05, 3.63) is 0 Å². The quantitative estimate of drug-likeness (QED) is 0.674. The van der Waals surface area contributed by atoms with E-state index in [4.69, 9.17) is 10.5 Å². The molecular formula is C10H20N2O2. The van der Waals surface area contributed by atoms with Crippen LogP contribution < -0.4 is 5.73 Å². The molecule has 14 heavy (non-hydrogen) atoms. The number of esters is 1. The van der Waals surface area contributed by atoms with Crippen LogP contribution in [0.4, 0.5) is 0 Å². The van der Waals surface area contributed by atoms with E-state index in [0.29, 0.717) is 25.6 Å². The van der Waals surface area contributed by atoms with Gasteiger partial charge in [-0.2, -0.15) is 0 Å². The van der Waals surface area contributed by atoms with E-state index in [1.54, 1.807) is 0 Å². The molecule has 4 heteroatoms. The van der Waals surface area contributed by atoms with Gasteiger partial charge >= 0.3 is 5.97 Å². The van der Waals surface area contributed by atoms with E-state index >= 15 is 0 Å². The van der Waals surface area contributed by atoms with Gasteiger partial charge in [0.2, 0.25) is 0 Å². The second-order valence-corrected chi connectivity index (χ2v) is 3.75. The van der Waals surface area contributed by atoms with Crippen molar-refractivity contribution >= 4 is 5.97 Å². The van der Waals surface area contributed by atoms with Gasteiger partial charge in [0.15, 0.2) is 0 Å². The lowest BCUT2D eigenvalue weighted by Crippen LogP contribution is -2.38. The summed E-state index contributed by atoms with van der Waals surface area (Å²) in [4.78, 5) is 13.4. The number of carbonyl (C=O) groups is 1. The Balaban J connectivity index is 2.18. The van der Waals surface area contributed by atoms with Gasteiger partial charge in [0.25, 0.3) is 0 Å². The molecule has 0 amide bonds. The van der Waals surface area contributed by atoms with E-state index in [2.05, 4.69) is 4.90 Å². The first-order valence-electron chi connectivity index (χ1n) is 5.34. The zero-order valence-electron chi connectivity index (χ0n) is 8.87. The molecule has 0 atom stereocenters. The molecule has 0 aromatic rings. The highest BCUT2D eigenvalue weighted by Crippen LogP contribution is 2.20. The molecule has 0 aliphatic carbocycles. The smallest absolute Gasteiger partial charge is 0.306 e. The lowest BCUT2D eigenvalue weighted by molar-refractivity contribution is -0.144. The van der Waals surface area contributed by atoms with Gasteiger partial charge in [0, 0.05) is 13.1 Å². The Morgan fingerprint density at radius 2 is 2.14 bits per heavy atom. The van der Waals surface area contributed by atoms with Crippen LogP contribution in [-0.4, -0.2) is 37.2 Å². The van der Waals surface area contributed by atoms with Crippen LogP contribution in [0.25, 0.3) is 0 Å². The minimum atomic E-state index is -0.0568. The van der Waals surface area contributed by atoms with Crippen LogP contribution in [0.3, 0.4) is 0 Å². The van der Waals surface area contributed by atoms with Gasteiger partial charge in [-0.05, 0) is 38.8 Å². The summed E-state index contributed by atoms with van der Waals surface area (Å²) in [6.45, 7) is 4.99. The van der Waals surface area contributed by atoms with Crippen molar-refractivity contribution in [1.82, 2.24) is 4.90 Å². The van der Waals surface area contributed by atoms with Gasteiger partial charge in [0.05, 0.1) is 6.61 Å². The lowest BCUT2D eigenvalue weighted by Gasteiger charge is -2.30. The summed E-state index contributed by atoms with van der Waals surface area (Å²) < 4.78 is 4.92. The topological polar surface area (TPSA) is 55.6 Å². The average Bonchev–Trinajstić information content (AvgIpc) is 2.19. The third-order valence-electron chi connectivity index (χ3n) is 2.73. The van der Waals surface area contributed by atoms with E-state index in [1.807, 2.05) is 6.92 Å². The molecule has 2 N–H and O–H groups in total. The molecule has 1 fully saturated rings. The van der Waals surface area contributed by atoms with E-state index in [0.717, 1.165) is 25.9 Å². The number of hydrogen-bond donors (Lipinski definition) is 1. The fourth-order valence-corrected chi connectivity index (χ4v) is 1.83. The third-order valence-corrected chi connectivity index (χ3v) is 2.73. The maximum Gasteiger partial charge on any atom is 0.306 e. The number of ether oxygens (including phenoxy) is 1. The molecule has 1 saturated heterocycles. The molecule has 0 aromatic heterocycles. The average molecular weight is 200 g/mol. The molecule has 0 aromatic carbocycles. The minimum Gasteiger partial charge on any atom is -0.466 e. The van der Waals surface area contributed by atoms with Crippen molar-refractivity contribution in [2.45, 2.75) is 26.2 Å². The van der Waals surface area contributed by atoms with E-state index in [9.17, 15) is 4.79 Å². The summed E-state index contributed by atoms with van der Waals surface area (Å²) in [7, 11) is 0. The largest absolute Gasteiger partial charge is 0.466 e. The molecule has 1 aliphatic rings. The molecule has 1 aliphatic heterocycles. The first kappa shape index (κ1) is 11.5. The van der Waals surface area contributed by atoms with Crippen molar-refractivity contribution in [1.29, 1.82) is 0 Å². The summed E-state index contributed by atoms with van der Waals surface area (Å²) in [5, 5.41) is 0. The molecule has 1 rings (SSSR count). The number of nitrogens with zero attached hydrogens (tertiary/aromatic N) is 1. The number of rotatable bonds is 4. The van der Waals surface area contributed by atoms with Crippen molar-refractivity contribution in [2.24, 2.45) is 11.7 Å². The van der Waals surface area contributed by atoms with Crippen LogP contribution >= 0.6 is 0 Å². The zero-order valence-corrected chi connectivity index (χ0v) is 8.87. The minimum absolute atomic E-state index is 0.0568. The van der Waals surface area contributed by atoms with Gasteiger partial charge < -0.3 is 10.5 Å². The Bertz CT molecular complexity index is 177. The summed E-state index contributed by atoms with van der Waals surface area (Å²) in [6.07, 6.45) is 2.71. The fourth-order valence-electron chi connectivity index (χ4n) is 1.83. The first-order valence-corrected chi connectivity index (χ1v) is 5.34. The monoisotopic (exact) mass is 200 g/mol. The summed E-state index contributed by atoms with van der Waals surface area (Å²) in [5.41, 5.74) is 5.53. The maximum absolute atomic E-state index is 11.2. The maximum atomic E-state index is 11.2. The molecule has 0 radical (unpaired) electrons. The predicted molar refractivity (Wildman–Crippen MR) is 54.6 cm³/mol. The Kier molecular flexibility index (Phi) is 4.90. The van der Waals surface area contributed by atoms with Gasteiger partial charge in [-0.25, -0.2) is 0 Å². The molecule has 1 heterocycles. The Hall–Kier alpha value is -0.610. The predicted octanol–water partition coefficient (Wildman–Crippen LogP) is 0.568. The number of likely N-dealkylation sites (tertiary alicyclic amines) is 1. The molecule has 0 spiro atoms. The van der Waals surface area contributed by atoms with Crippen LogP contribution in [0.5, 0.6) is 0 Å². The lowest BCUT2D eigenvalue weighted by atomic mass is 9.94. The number of carbonyl (C=O) groups excluding carboxylic acids is 1. The third kappa shape index (κ3) is 3.64. The highest BCUT2D eigenvalue weighted by Gasteiger charge is 2.20. The first-order chi connectivity index (χ1) is 6.76. The Labute approximate surface area is 85.4 Å². The van der Waals surface area contributed by atoms with E-state index < -0.39 is 0 Å². The van der Waals surface area contributed by atoms with Crippen molar-refractivity contribution in [2.75, 3.05) is 26.4 Å². The molecule has 0 saturated carbocycles. The molecule has 0 bridgehead atoms. The van der Waals surface area contributed by atoms with Crippen LogP contribution in [0.2, 0.25) is 0 Å². The van der Waals surface area contributed by atoms with Crippen molar-refractivity contribution in [3.8, 4) is 0 Å². The fraction of sp³-hybridized carbons (Fsp3) is 0.900. The van der Waals surface area contributed by atoms with Crippen LogP contribution in [0.15, 0.2) is 0 Å². The summed E-state index contributed by atoms with van der Waals surface area (Å²) >= 11 is 0. The van der Waals surface area contributed by atoms with Crippen LogP contribution in [-0.2, 0) is 9.53 Å². The van der Waals surface area contributed by atoms with Crippen molar-refractivity contribution < 1.29 is 9.53 Å². The second-order valence-electron chi connectivity index (χ2n) is 3.75. The SMILES string of the molecule is CCOC(=O)CC1CCN(CN)CC1. The number of piperidine rings is 1. The van der Waals surface area contributed by atoms with E-state index in [-0.39, 0.29) is 5.97 Å². The van der Waals surface area contributed by atoms with Crippen molar-refractivity contribution in [3.63, 3.8) is 0 Å². The summed E-state index contributed by atoms with van der Waals surface area (Å²) in [6, 6.07) is 0. The standard InChI is InChI=1S/C10H20N2O2/c1-2-14-10(13)7-9-3-5-12(8-11)6-4-9/h9H,2-8,11H2,1H3. The van der Waals surface area contributed by atoms with Crippen LogP contribution in [0.1, 0.15) is 26.2 Å². The van der Waals surface area contributed by atoms with Gasteiger partial charge in [0.1, 0.15) is 0 Å². The zero-order chi connectivity index (χ0) is 10.4. The van der Waals surface area contributed by atoms with Gasteiger partial charge in [-0.3, -0.25) is 9.69 Å². The Morgan fingerprint density at radius 3 is 2.64 bits per heavy atom. The van der Waals surface area contributed by atoms with Crippen LogP contribution in [0, 0.1) is 5.92 Å². The number of nitrogens with two attached hydrogens (primary N) is 1.